The van der Waals surface area contributed by atoms with Crippen molar-refractivity contribution in [1.29, 1.82) is 0 Å². The Kier molecular flexibility index (Phi) is 11.3. The Balaban J connectivity index is 1.61. The quantitative estimate of drug-likeness (QED) is 0.233. The van der Waals surface area contributed by atoms with Crippen molar-refractivity contribution in [2.45, 2.75) is 38.4 Å². The number of halogens is 2. The number of allylic oxidation sites excluding steroid dienone is 1. The van der Waals surface area contributed by atoms with Gasteiger partial charge >= 0.3 is 0 Å². The number of methoxy groups -OCH3 is 2. The van der Waals surface area contributed by atoms with Crippen LogP contribution >= 0.6 is 23.2 Å². The van der Waals surface area contributed by atoms with Crippen LogP contribution in [0.4, 0.5) is 5.95 Å². The highest BCUT2D eigenvalue weighted by Gasteiger charge is 2.31. The molecule has 1 unspecified atom stereocenters. The van der Waals surface area contributed by atoms with Crippen LogP contribution in [0.3, 0.4) is 0 Å². The number of carbonyl (C=O) groups is 2. The molecule has 4 heterocycles. The highest BCUT2D eigenvalue weighted by Crippen LogP contribution is 2.45. The number of anilines is 1. The average Bonchev–Trinajstić information content (AvgIpc) is 3.50. The summed E-state index contributed by atoms with van der Waals surface area (Å²) >= 11 is 13.5. The molecule has 2 aliphatic rings. The Morgan fingerprint density at radius 2 is 1.90 bits per heavy atom. The zero-order valence-electron chi connectivity index (χ0n) is 27.3. The summed E-state index contributed by atoms with van der Waals surface area (Å²) in [6, 6.07) is 2.78. The maximum Gasteiger partial charge on any atom is 0.298 e. The second-order valence-electron chi connectivity index (χ2n) is 11.8. The molecule has 0 aliphatic carbocycles. The highest BCUT2D eigenvalue weighted by molar-refractivity contribution is 6.41. The predicted octanol–water partition coefficient (Wildman–Crippen LogP) is 3.91. The van der Waals surface area contributed by atoms with Gasteiger partial charge in [-0.1, -0.05) is 35.7 Å². The fourth-order valence-corrected chi connectivity index (χ4v) is 6.89. The van der Waals surface area contributed by atoms with Crippen molar-refractivity contribution >= 4 is 51.9 Å². The number of ketones is 1. The van der Waals surface area contributed by atoms with Gasteiger partial charge in [0.15, 0.2) is 5.78 Å². The van der Waals surface area contributed by atoms with Crippen molar-refractivity contribution in [2.24, 2.45) is 5.92 Å². The van der Waals surface area contributed by atoms with Crippen molar-refractivity contribution < 1.29 is 23.8 Å². The number of carbonyl (C=O) groups excluding carboxylic acids is 2. The molecular formula is C34H38Cl2N6O6. The number of likely N-dealkylation sites (N-methyl/N-ethyl adjacent to an activating group) is 1. The van der Waals surface area contributed by atoms with Crippen molar-refractivity contribution in [2.75, 3.05) is 59.4 Å². The number of aryl methyl sites for hydroxylation is 1. The van der Waals surface area contributed by atoms with E-state index >= 15 is 0 Å². The van der Waals surface area contributed by atoms with Crippen LogP contribution in [0.25, 0.3) is 22.2 Å². The van der Waals surface area contributed by atoms with Crippen LogP contribution < -0.4 is 20.3 Å². The maximum atomic E-state index is 14.5. The molecule has 14 heteroatoms. The lowest BCUT2D eigenvalue weighted by Gasteiger charge is -2.39. The average molecular weight is 698 g/mol. The molecule has 1 aromatic carbocycles. The maximum absolute atomic E-state index is 14.5. The second-order valence-corrected chi connectivity index (χ2v) is 12.5. The number of nitrogens with zero attached hydrogens (tertiary/aromatic N) is 5. The van der Waals surface area contributed by atoms with Gasteiger partial charge in [-0.05, 0) is 38.5 Å². The number of benzene rings is 1. The molecule has 0 bridgehead atoms. The van der Waals surface area contributed by atoms with Crippen LogP contribution in [0.15, 0.2) is 35.8 Å². The summed E-state index contributed by atoms with van der Waals surface area (Å²) in [7, 11) is 4.92. The third-order valence-electron chi connectivity index (χ3n) is 8.74. The molecule has 48 heavy (non-hydrogen) atoms. The Morgan fingerprint density at radius 1 is 1.17 bits per heavy atom. The number of pyridine rings is 1. The van der Waals surface area contributed by atoms with E-state index in [1.807, 2.05) is 7.05 Å². The number of hydrogen-bond donors (Lipinski definition) is 1. The summed E-state index contributed by atoms with van der Waals surface area (Å²) in [4.78, 5) is 52.8. The molecule has 0 radical (unpaired) electrons. The summed E-state index contributed by atoms with van der Waals surface area (Å²) in [6.07, 6.45) is 3.64. The van der Waals surface area contributed by atoms with Gasteiger partial charge in [0.1, 0.15) is 17.1 Å². The van der Waals surface area contributed by atoms with E-state index in [-0.39, 0.29) is 81.3 Å². The summed E-state index contributed by atoms with van der Waals surface area (Å²) in [5.41, 5.74) is 0.427. The van der Waals surface area contributed by atoms with Gasteiger partial charge in [-0.3, -0.25) is 19.0 Å². The lowest BCUT2D eigenvalue weighted by atomic mass is 9.97. The summed E-state index contributed by atoms with van der Waals surface area (Å²) in [5, 5.41) is 4.15. The van der Waals surface area contributed by atoms with Gasteiger partial charge in [-0.15, -0.1) is 0 Å². The number of piperazine rings is 1. The zero-order valence-corrected chi connectivity index (χ0v) is 28.9. The molecule has 12 nitrogen and oxygen atoms in total. The molecule has 2 saturated heterocycles. The number of ether oxygens (including phenoxy) is 3. The molecule has 254 valence electrons. The van der Waals surface area contributed by atoms with Crippen LogP contribution in [0.5, 0.6) is 11.5 Å². The molecule has 5 rings (SSSR count). The van der Waals surface area contributed by atoms with Crippen LogP contribution in [0.2, 0.25) is 10.0 Å². The second kappa shape index (κ2) is 15.4. The molecule has 2 aliphatic heterocycles. The fourth-order valence-electron chi connectivity index (χ4n) is 6.19. The lowest BCUT2D eigenvalue weighted by molar-refractivity contribution is -0.129. The van der Waals surface area contributed by atoms with Crippen molar-refractivity contribution in [3.63, 3.8) is 0 Å². The third kappa shape index (κ3) is 7.29. The van der Waals surface area contributed by atoms with Gasteiger partial charge in [0.2, 0.25) is 5.95 Å². The van der Waals surface area contributed by atoms with Crippen LogP contribution in [-0.2, 0) is 20.9 Å². The number of amides is 1. The third-order valence-corrected chi connectivity index (χ3v) is 9.49. The number of nitrogens with one attached hydrogen (secondary N) is 1. The fraction of sp³-hybridized carbons (Fsp3) is 0.441. The molecule has 0 spiro atoms. The Hall–Kier alpha value is -4.15. The number of aromatic nitrogens is 3. The van der Waals surface area contributed by atoms with Crippen LogP contribution in [0.1, 0.15) is 19.8 Å². The summed E-state index contributed by atoms with van der Waals surface area (Å²) in [5.74, 6) is 5.79. The van der Waals surface area contributed by atoms with E-state index in [1.54, 1.807) is 34.7 Å². The normalized spacial score (nSPS) is 19.5. The van der Waals surface area contributed by atoms with E-state index in [0.29, 0.717) is 50.3 Å². The number of hydrogen-bond acceptors (Lipinski definition) is 10. The molecule has 2 fully saturated rings. The molecule has 1 amide bonds. The minimum Gasteiger partial charge on any atom is -0.495 e. The standard InChI is InChI=1S/C34H38Cl2N6O6/c1-6-8-28(44)41-12-11-40(3)17-22(41)9-10-42-32-20(16-37-34(39-32)38-25-19-48-18-21(25)13-23(43)7-2)14-24(33(42)45)29-30(35)26(46-4)15-27(47-5)31(29)36/h7,14-16,21-22,25H,2,9-13,17-19H2,1,3-5H3,(H,37,38,39)/t21-,22?,25+/m0/s1. The minimum atomic E-state index is -0.402. The monoisotopic (exact) mass is 696 g/mol. The SMILES string of the molecule is C=CC(=O)C[C@H]1COC[C@H]1Nc1ncc2cc(-c3c(Cl)c(OC)cc(OC)c3Cl)c(=O)n(CCC3CN(C)CCN3C(=O)C#CC)c2n1. The topological polar surface area (TPSA) is 128 Å². The highest BCUT2D eigenvalue weighted by atomic mass is 35.5. The Morgan fingerprint density at radius 3 is 2.56 bits per heavy atom. The lowest BCUT2D eigenvalue weighted by Crippen LogP contribution is -2.54. The number of rotatable bonds is 11. The number of fused-ring (bicyclic) bond motifs is 1. The van der Waals surface area contributed by atoms with E-state index in [2.05, 4.69) is 33.6 Å². The van der Waals surface area contributed by atoms with Crippen LogP contribution in [-0.4, -0.2) is 102 Å². The molecule has 3 atom stereocenters. The van der Waals surface area contributed by atoms with E-state index < -0.39 is 5.56 Å². The van der Waals surface area contributed by atoms with E-state index in [0.717, 1.165) is 0 Å². The Bertz CT molecular complexity index is 1830. The summed E-state index contributed by atoms with van der Waals surface area (Å²) < 4.78 is 18.2. The first-order valence-electron chi connectivity index (χ1n) is 15.5. The first-order chi connectivity index (χ1) is 23.1. The van der Waals surface area contributed by atoms with Crippen molar-refractivity contribution in [3.05, 3.63) is 51.4 Å². The van der Waals surface area contributed by atoms with Gasteiger partial charge in [-0.25, -0.2) is 4.98 Å². The molecule has 3 aromatic rings. The Labute approximate surface area is 289 Å². The van der Waals surface area contributed by atoms with Crippen LogP contribution in [0, 0.1) is 17.8 Å². The van der Waals surface area contributed by atoms with E-state index in [1.165, 1.54) is 20.3 Å². The predicted molar refractivity (Wildman–Crippen MR) is 185 cm³/mol. The van der Waals surface area contributed by atoms with Gasteiger partial charge in [0, 0.05) is 67.8 Å². The largest absolute Gasteiger partial charge is 0.495 e. The van der Waals surface area contributed by atoms with Gasteiger partial charge in [-0.2, -0.15) is 4.98 Å². The molecule has 2 aromatic heterocycles. The first kappa shape index (κ1) is 35.2. The first-order valence-corrected chi connectivity index (χ1v) is 16.3. The van der Waals surface area contributed by atoms with E-state index in [9.17, 15) is 14.4 Å². The van der Waals surface area contributed by atoms with Crippen molar-refractivity contribution in [3.8, 4) is 34.5 Å². The minimum absolute atomic E-state index is 0.0737. The summed E-state index contributed by atoms with van der Waals surface area (Å²) in [6.45, 7) is 8.05. The molecule has 0 saturated carbocycles. The zero-order chi connectivity index (χ0) is 34.5. The molecule has 1 N–H and O–H groups in total. The van der Waals surface area contributed by atoms with Gasteiger partial charge < -0.3 is 29.3 Å². The molecular weight excluding hydrogens is 659 g/mol. The van der Waals surface area contributed by atoms with E-state index in [4.69, 9.17) is 42.4 Å². The van der Waals surface area contributed by atoms with Gasteiger partial charge in [0.05, 0.1) is 49.1 Å². The van der Waals surface area contributed by atoms with Gasteiger partial charge in [0.25, 0.3) is 11.5 Å². The van der Waals surface area contributed by atoms with Crippen molar-refractivity contribution in [1.82, 2.24) is 24.3 Å². The smallest absolute Gasteiger partial charge is 0.298 e.